The van der Waals surface area contributed by atoms with Crippen molar-refractivity contribution in [1.29, 1.82) is 0 Å². The van der Waals surface area contributed by atoms with Crippen LogP contribution in [-0.4, -0.2) is 25.5 Å². The quantitative estimate of drug-likeness (QED) is 0.808. The summed E-state index contributed by atoms with van der Waals surface area (Å²) in [6.45, 7) is 3.80. The van der Waals surface area contributed by atoms with Gasteiger partial charge in [0.15, 0.2) is 0 Å². The van der Waals surface area contributed by atoms with Gasteiger partial charge in [0.25, 0.3) is 0 Å². The normalized spacial score (nSPS) is 13.4. The molecule has 0 bridgehead atoms. The van der Waals surface area contributed by atoms with Gasteiger partial charge in [0, 0.05) is 12.2 Å². The van der Waals surface area contributed by atoms with E-state index >= 15 is 0 Å². The fourth-order valence-corrected chi connectivity index (χ4v) is 1.55. The minimum absolute atomic E-state index is 0.195. The lowest BCUT2D eigenvalue weighted by Gasteiger charge is -2.25. The molecule has 0 saturated carbocycles. The molecule has 110 valence electrons. The second-order valence-corrected chi connectivity index (χ2v) is 4.76. The summed E-state index contributed by atoms with van der Waals surface area (Å²) in [5.74, 6) is -1.77. The minimum Gasteiger partial charge on any atom is -0.465 e. The molecule has 1 rings (SSSR count). The van der Waals surface area contributed by atoms with Crippen molar-refractivity contribution in [1.82, 2.24) is 0 Å². The molecule has 1 atom stereocenters. The Morgan fingerprint density at radius 1 is 1.45 bits per heavy atom. The number of amides is 1. The van der Waals surface area contributed by atoms with Gasteiger partial charge in [-0.25, -0.2) is 9.18 Å². The molecule has 1 aromatic rings. The largest absolute Gasteiger partial charge is 0.465 e. The molecule has 1 aromatic carbocycles. The Hall–Kier alpha value is -1.95. The van der Waals surface area contributed by atoms with Gasteiger partial charge in [-0.05, 0) is 31.5 Å². The van der Waals surface area contributed by atoms with Crippen molar-refractivity contribution >= 4 is 17.6 Å². The molecule has 0 saturated heterocycles. The Kier molecular flexibility index (Phi) is 5.21. The molecular weight excluding hydrogens is 263 g/mol. The molecule has 6 heteroatoms. The lowest BCUT2D eigenvalue weighted by Crippen LogP contribution is -2.39. The summed E-state index contributed by atoms with van der Waals surface area (Å²) in [6.07, 6.45) is 0.570. The van der Waals surface area contributed by atoms with Crippen molar-refractivity contribution in [3.63, 3.8) is 0 Å². The summed E-state index contributed by atoms with van der Waals surface area (Å²) in [6, 6.07) is 3.73. The van der Waals surface area contributed by atoms with Crippen molar-refractivity contribution < 1.29 is 18.7 Å². The number of hydrogen-bond donors (Lipinski definition) is 2. The van der Waals surface area contributed by atoms with Crippen LogP contribution >= 0.6 is 0 Å². The van der Waals surface area contributed by atoms with E-state index in [-0.39, 0.29) is 18.0 Å². The topological polar surface area (TPSA) is 81.4 Å². The predicted octanol–water partition coefficient (Wildman–Crippen LogP) is 1.93. The molecule has 0 aliphatic rings. The first kappa shape index (κ1) is 16.1. The maximum absolute atomic E-state index is 13.5. The van der Waals surface area contributed by atoms with Gasteiger partial charge in [0.05, 0.1) is 18.1 Å². The molecule has 3 N–H and O–H groups in total. The number of benzene rings is 1. The third kappa shape index (κ3) is 3.33. The first-order chi connectivity index (χ1) is 9.37. The minimum atomic E-state index is -0.796. The Morgan fingerprint density at radius 2 is 2.10 bits per heavy atom. The second kappa shape index (κ2) is 6.47. The Balaban J connectivity index is 3.00. The summed E-state index contributed by atoms with van der Waals surface area (Å²) in [5, 5.41) is 2.64. The smallest absolute Gasteiger partial charge is 0.340 e. The molecule has 1 amide bonds. The highest BCUT2D eigenvalue weighted by molar-refractivity contribution is 5.97. The van der Waals surface area contributed by atoms with Crippen LogP contribution in [0.1, 0.15) is 30.6 Å². The first-order valence-electron chi connectivity index (χ1n) is 6.27. The van der Waals surface area contributed by atoms with E-state index in [9.17, 15) is 14.0 Å². The van der Waals surface area contributed by atoms with Gasteiger partial charge in [-0.15, -0.1) is 0 Å². The number of carbonyl (C=O) groups excluding carboxylic acids is 2. The van der Waals surface area contributed by atoms with Crippen molar-refractivity contribution in [2.45, 2.75) is 20.3 Å². The van der Waals surface area contributed by atoms with Gasteiger partial charge in [0.1, 0.15) is 5.82 Å². The van der Waals surface area contributed by atoms with Crippen molar-refractivity contribution in [3.05, 3.63) is 29.6 Å². The summed E-state index contributed by atoms with van der Waals surface area (Å²) >= 11 is 0. The third-order valence-electron chi connectivity index (χ3n) is 3.41. The van der Waals surface area contributed by atoms with Gasteiger partial charge >= 0.3 is 5.97 Å². The van der Waals surface area contributed by atoms with Gasteiger partial charge in [0.2, 0.25) is 5.91 Å². The van der Waals surface area contributed by atoms with E-state index in [0.717, 1.165) is 13.2 Å². The lowest BCUT2D eigenvalue weighted by atomic mass is 9.86. The first-order valence-corrected chi connectivity index (χ1v) is 6.27. The standard InChI is InChI=1S/C14H19FN2O3/c1-4-14(2,8-16)13(19)17-9-5-6-11(15)10(7-9)12(18)20-3/h5-7H,4,8,16H2,1-3H3,(H,17,19). The average Bonchev–Trinajstić information content (AvgIpc) is 2.47. The monoisotopic (exact) mass is 282 g/mol. The molecule has 0 heterocycles. The molecule has 0 fully saturated rings. The highest BCUT2D eigenvalue weighted by Crippen LogP contribution is 2.23. The van der Waals surface area contributed by atoms with E-state index in [1.165, 1.54) is 12.1 Å². The van der Waals surface area contributed by atoms with Crippen LogP contribution in [0.25, 0.3) is 0 Å². The zero-order valence-corrected chi connectivity index (χ0v) is 11.8. The summed E-state index contributed by atoms with van der Waals surface area (Å²) in [5.41, 5.74) is 4.99. The number of rotatable bonds is 5. The van der Waals surface area contributed by atoms with E-state index in [1.807, 2.05) is 6.92 Å². The highest BCUT2D eigenvalue weighted by Gasteiger charge is 2.29. The highest BCUT2D eigenvalue weighted by atomic mass is 19.1. The number of ether oxygens (including phenoxy) is 1. The van der Waals surface area contributed by atoms with E-state index in [1.54, 1.807) is 6.92 Å². The summed E-state index contributed by atoms with van der Waals surface area (Å²) in [4.78, 5) is 23.5. The summed E-state index contributed by atoms with van der Waals surface area (Å²) in [7, 11) is 1.16. The van der Waals surface area contributed by atoms with Crippen molar-refractivity contribution in [2.75, 3.05) is 19.0 Å². The third-order valence-corrected chi connectivity index (χ3v) is 3.41. The van der Waals surface area contributed by atoms with Gasteiger partial charge in [-0.3, -0.25) is 4.79 Å². The number of anilines is 1. The maximum atomic E-state index is 13.5. The average molecular weight is 282 g/mol. The molecule has 0 spiro atoms. The number of carbonyl (C=O) groups is 2. The van der Waals surface area contributed by atoms with Crippen LogP contribution in [-0.2, 0) is 9.53 Å². The van der Waals surface area contributed by atoms with Crippen LogP contribution in [0.5, 0.6) is 0 Å². The fourth-order valence-electron chi connectivity index (χ4n) is 1.55. The molecule has 0 radical (unpaired) electrons. The predicted molar refractivity (Wildman–Crippen MR) is 73.8 cm³/mol. The molecule has 5 nitrogen and oxygen atoms in total. The second-order valence-electron chi connectivity index (χ2n) is 4.76. The zero-order chi connectivity index (χ0) is 15.3. The SMILES string of the molecule is CCC(C)(CN)C(=O)Nc1ccc(F)c(C(=O)OC)c1. The van der Waals surface area contributed by atoms with Crippen LogP contribution in [0.3, 0.4) is 0 Å². The van der Waals surface area contributed by atoms with Crippen LogP contribution in [0.2, 0.25) is 0 Å². The Morgan fingerprint density at radius 3 is 2.60 bits per heavy atom. The number of hydrogen-bond acceptors (Lipinski definition) is 4. The molecule has 0 aromatic heterocycles. The molecule has 20 heavy (non-hydrogen) atoms. The molecule has 0 aliphatic carbocycles. The van der Waals surface area contributed by atoms with Gasteiger partial charge < -0.3 is 15.8 Å². The molecule has 1 unspecified atom stereocenters. The lowest BCUT2D eigenvalue weighted by molar-refractivity contribution is -0.124. The number of esters is 1. The molecule has 0 aliphatic heterocycles. The van der Waals surface area contributed by atoms with Crippen LogP contribution in [0, 0.1) is 11.2 Å². The number of nitrogens with two attached hydrogens (primary N) is 1. The van der Waals surface area contributed by atoms with Crippen LogP contribution < -0.4 is 11.1 Å². The Bertz CT molecular complexity index is 513. The number of halogens is 1. The van der Waals surface area contributed by atoms with E-state index in [0.29, 0.717) is 12.1 Å². The molecular formula is C14H19FN2O3. The summed E-state index contributed by atoms with van der Waals surface area (Å²) < 4.78 is 18.0. The zero-order valence-electron chi connectivity index (χ0n) is 11.8. The van der Waals surface area contributed by atoms with Crippen LogP contribution in [0.15, 0.2) is 18.2 Å². The number of nitrogens with one attached hydrogen (secondary N) is 1. The Labute approximate surface area is 117 Å². The van der Waals surface area contributed by atoms with Crippen molar-refractivity contribution in [2.24, 2.45) is 11.1 Å². The van der Waals surface area contributed by atoms with Gasteiger partial charge in [-0.2, -0.15) is 0 Å². The number of methoxy groups -OCH3 is 1. The van der Waals surface area contributed by atoms with E-state index in [4.69, 9.17) is 5.73 Å². The van der Waals surface area contributed by atoms with Crippen LogP contribution in [0.4, 0.5) is 10.1 Å². The van der Waals surface area contributed by atoms with Gasteiger partial charge in [-0.1, -0.05) is 6.92 Å². The van der Waals surface area contributed by atoms with E-state index < -0.39 is 17.2 Å². The fraction of sp³-hybridized carbons (Fsp3) is 0.429. The van der Waals surface area contributed by atoms with E-state index in [2.05, 4.69) is 10.1 Å². The maximum Gasteiger partial charge on any atom is 0.340 e. The van der Waals surface area contributed by atoms with Crippen molar-refractivity contribution in [3.8, 4) is 0 Å².